The Morgan fingerprint density at radius 3 is 2.55 bits per heavy atom. The van der Waals surface area contributed by atoms with Gasteiger partial charge in [0.1, 0.15) is 0 Å². The Balaban J connectivity index is 0.000000956. The monoisotopic (exact) mass is 276 g/mol. The molecule has 1 aliphatic carbocycles. The highest BCUT2D eigenvalue weighted by Gasteiger charge is 2.27. The number of rotatable bonds is 3. The Labute approximate surface area is 123 Å². The zero-order chi connectivity index (χ0) is 15.0. The molecule has 1 heterocycles. The number of nitrogens with zero attached hydrogens (tertiary/aromatic N) is 1. The van der Waals surface area contributed by atoms with Crippen LogP contribution in [0.4, 0.5) is 0 Å². The first kappa shape index (κ1) is 16.7. The van der Waals surface area contributed by atoms with Crippen LogP contribution in [0.5, 0.6) is 0 Å². The van der Waals surface area contributed by atoms with Gasteiger partial charge in [0.25, 0.3) is 0 Å². The second-order valence-corrected chi connectivity index (χ2v) is 6.04. The van der Waals surface area contributed by atoms with E-state index in [1.54, 1.807) is 12.4 Å². The molecule has 0 unspecified atom stereocenters. The number of nitrogens with one attached hydrogen (secondary N) is 1. The average Bonchev–Trinajstić information content (AvgIpc) is 2.44. The molecule has 3 heteroatoms. The number of hydrogen-bond acceptors (Lipinski definition) is 2. The van der Waals surface area contributed by atoms with Crippen molar-refractivity contribution in [1.29, 1.82) is 0 Å². The van der Waals surface area contributed by atoms with E-state index in [4.69, 9.17) is 0 Å². The molecule has 0 bridgehead atoms. The highest BCUT2D eigenvalue weighted by molar-refractivity contribution is 5.78. The molecule has 1 aromatic heterocycles. The summed E-state index contributed by atoms with van der Waals surface area (Å²) >= 11 is 0. The Morgan fingerprint density at radius 2 is 2.00 bits per heavy atom. The fourth-order valence-electron chi connectivity index (χ4n) is 2.51. The molecule has 1 N–H and O–H groups in total. The van der Waals surface area contributed by atoms with E-state index in [2.05, 4.69) is 24.1 Å². The van der Waals surface area contributed by atoms with Gasteiger partial charge < -0.3 is 5.32 Å². The Bertz CT molecular complexity index is 391. The van der Waals surface area contributed by atoms with Crippen molar-refractivity contribution >= 4 is 5.91 Å². The maximum atomic E-state index is 11.9. The molecule has 1 saturated carbocycles. The van der Waals surface area contributed by atoms with Crippen LogP contribution in [0.25, 0.3) is 0 Å². The molecule has 0 aromatic carbocycles. The van der Waals surface area contributed by atoms with Crippen LogP contribution in [0.15, 0.2) is 24.5 Å². The van der Waals surface area contributed by atoms with Gasteiger partial charge in [-0.2, -0.15) is 0 Å². The molecule has 1 aromatic rings. The molecular formula is C17H28N2O. The molecule has 3 nitrogen and oxygen atoms in total. The van der Waals surface area contributed by atoms with E-state index < -0.39 is 0 Å². The fourth-order valence-corrected chi connectivity index (χ4v) is 2.51. The van der Waals surface area contributed by atoms with Crippen molar-refractivity contribution in [2.75, 3.05) is 0 Å². The molecule has 112 valence electrons. The topological polar surface area (TPSA) is 42.0 Å². The minimum absolute atomic E-state index is 0.118. The van der Waals surface area contributed by atoms with Crippen LogP contribution in [0.3, 0.4) is 0 Å². The molecule has 20 heavy (non-hydrogen) atoms. The van der Waals surface area contributed by atoms with Crippen LogP contribution in [-0.2, 0) is 11.2 Å². The lowest BCUT2D eigenvalue weighted by atomic mass is 9.75. The van der Waals surface area contributed by atoms with Gasteiger partial charge in [-0.3, -0.25) is 9.78 Å². The van der Waals surface area contributed by atoms with Crippen molar-refractivity contribution in [3.8, 4) is 0 Å². The molecule has 0 spiro atoms. The summed E-state index contributed by atoms with van der Waals surface area (Å²) in [5.74, 6) is 0.118. The number of carbonyl (C=O) groups is 1. The Hall–Kier alpha value is -1.38. The summed E-state index contributed by atoms with van der Waals surface area (Å²) in [6.07, 6.45) is 8.52. The average molecular weight is 276 g/mol. The fraction of sp³-hybridized carbons (Fsp3) is 0.647. The quantitative estimate of drug-likeness (QED) is 0.914. The second kappa shape index (κ2) is 8.03. The third-order valence-electron chi connectivity index (χ3n) is 3.79. The predicted octanol–water partition coefficient (Wildman–Crippen LogP) is 3.74. The lowest BCUT2D eigenvalue weighted by Crippen LogP contribution is -2.39. The number of amides is 1. The Kier molecular flexibility index (Phi) is 6.69. The summed E-state index contributed by atoms with van der Waals surface area (Å²) in [4.78, 5) is 15.9. The van der Waals surface area contributed by atoms with Crippen LogP contribution in [-0.4, -0.2) is 16.9 Å². The summed E-state index contributed by atoms with van der Waals surface area (Å²) in [5, 5.41) is 3.14. The highest BCUT2D eigenvalue weighted by atomic mass is 16.1. The van der Waals surface area contributed by atoms with E-state index in [1.807, 2.05) is 26.0 Å². The minimum Gasteiger partial charge on any atom is -0.353 e. The summed E-state index contributed by atoms with van der Waals surface area (Å²) < 4.78 is 0. The summed E-state index contributed by atoms with van der Waals surface area (Å²) in [6.45, 7) is 8.61. The first-order chi connectivity index (χ1) is 9.55. The third kappa shape index (κ3) is 5.72. The van der Waals surface area contributed by atoms with Crippen molar-refractivity contribution in [3.63, 3.8) is 0 Å². The van der Waals surface area contributed by atoms with Crippen LogP contribution >= 0.6 is 0 Å². The first-order valence-corrected chi connectivity index (χ1v) is 7.73. The predicted molar refractivity (Wildman–Crippen MR) is 83.5 cm³/mol. The third-order valence-corrected chi connectivity index (χ3v) is 3.79. The van der Waals surface area contributed by atoms with Gasteiger partial charge in [0, 0.05) is 18.4 Å². The SMILES string of the molecule is CC.CC1(C)CCC(NC(=O)Cc2cccnc2)CC1. The minimum atomic E-state index is 0.118. The maximum Gasteiger partial charge on any atom is 0.224 e. The zero-order valence-corrected chi connectivity index (χ0v) is 13.3. The molecule has 0 atom stereocenters. The van der Waals surface area contributed by atoms with Crippen molar-refractivity contribution in [3.05, 3.63) is 30.1 Å². The number of carbonyl (C=O) groups excluding carboxylic acids is 1. The number of hydrogen-bond donors (Lipinski definition) is 1. The van der Waals surface area contributed by atoms with E-state index in [9.17, 15) is 4.79 Å². The molecule has 1 amide bonds. The molecule has 0 aliphatic heterocycles. The molecular weight excluding hydrogens is 248 g/mol. The maximum absolute atomic E-state index is 11.9. The van der Waals surface area contributed by atoms with E-state index in [0.29, 0.717) is 17.9 Å². The van der Waals surface area contributed by atoms with E-state index in [1.165, 1.54) is 12.8 Å². The van der Waals surface area contributed by atoms with Crippen molar-refractivity contribution in [1.82, 2.24) is 10.3 Å². The van der Waals surface area contributed by atoms with Crippen LogP contribution in [0, 0.1) is 5.41 Å². The lowest BCUT2D eigenvalue weighted by molar-refractivity contribution is -0.121. The Morgan fingerprint density at radius 1 is 1.35 bits per heavy atom. The van der Waals surface area contributed by atoms with E-state index >= 15 is 0 Å². The number of aromatic nitrogens is 1. The second-order valence-electron chi connectivity index (χ2n) is 6.04. The zero-order valence-electron chi connectivity index (χ0n) is 13.3. The van der Waals surface area contributed by atoms with Gasteiger partial charge in [-0.05, 0) is 42.7 Å². The van der Waals surface area contributed by atoms with Gasteiger partial charge in [-0.1, -0.05) is 33.8 Å². The molecule has 1 aliphatic rings. The summed E-state index contributed by atoms with van der Waals surface area (Å²) in [6, 6.07) is 4.17. The van der Waals surface area contributed by atoms with Crippen LogP contribution in [0.2, 0.25) is 0 Å². The molecule has 0 saturated heterocycles. The van der Waals surface area contributed by atoms with Gasteiger partial charge in [0.15, 0.2) is 0 Å². The molecule has 0 radical (unpaired) electrons. The van der Waals surface area contributed by atoms with Gasteiger partial charge in [-0.15, -0.1) is 0 Å². The van der Waals surface area contributed by atoms with Gasteiger partial charge in [-0.25, -0.2) is 0 Å². The van der Waals surface area contributed by atoms with Gasteiger partial charge in [0.05, 0.1) is 6.42 Å². The van der Waals surface area contributed by atoms with E-state index in [0.717, 1.165) is 18.4 Å². The smallest absolute Gasteiger partial charge is 0.224 e. The van der Waals surface area contributed by atoms with Crippen molar-refractivity contribution in [2.45, 2.75) is 65.8 Å². The summed E-state index contributed by atoms with van der Waals surface area (Å²) in [7, 11) is 0. The standard InChI is InChI=1S/C15H22N2O.C2H6/c1-15(2)7-5-13(6-8-15)17-14(18)10-12-4-3-9-16-11-12;1-2/h3-4,9,11,13H,5-8,10H2,1-2H3,(H,17,18);1-2H3. The number of pyridine rings is 1. The van der Waals surface area contributed by atoms with Crippen molar-refractivity contribution in [2.24, 2.45) is 5.41 Å². The largest absolute Gasteiger partial charge is 0.353 e. The van der Waals surface area contributed by atoms with Gasteiger partial charge in [0.2, 0.25) is 5.91 Å². The molecule has 1 fully saturated rings. The lowest BCUT2D eigenvalue weighted by Gasteiger charge is -2.34. The molecule has 2 rings (SSSR count). The first-order valence-electron chi connectivity index (χ1n) is 7.73. The van der Waals surface area contributed by atoms with Gasteiger partial charge >= 0.3 is 0 Å². The van der Waals surface area contributed by atoms with E-state index in [-0.39, 0.29) is 5.91 Å². The van der Waals surface area contributed by atoms with Crippen LogP contribution in [0.1, 0.15) is 58.9 Å². The normalized spacial score (nSPS) is 17.8. The van der Waals surface area contributed by atoms with Crippen LogP contribution < -0.4 is 5.32 Å². The summed E-state index contributed by atoms with van der Waals surface area (Å²) in [5.41, 5.74) is 1.43. The van der Waals surface area contributed by atoms with Crippen molar-refractivity contribution < 1.29 is 4.79 Å². The highest BCUT2D eigenvalue weighted by Crippen LogP contribution is 2.34.